The van der Waals surface area contributed by atoms with Crippen LogP contribution in [0.4, 0.5) is 10.1 Å². The minimum atomic E-state index is -0.354. The Kier molecular flexibility index (Phi) is 5.13. The molecule has 0 radical (unpaired) electrons. The van der Waals surface area contributed by atoms with Crippen LogP contribution in [0, 0.1) is 11.7 Å². The fourth-order valence-electron chi connectivity index (χ4n) is 3.34. The Labute approximate surface area is 135 Å². The third-order valence-corrected chi connectivity index (χ3v) is 4.74. The third-order valence-electron chi connectivity index (χ3n) is 4.74. The maximum Gasteiger partial charge on any atom is 0.225 e. The van der Waals surface area contributed by atoms with Gasteiger partial charge in [0.15, 0.2) is 5.82 Å². The van der Waals surface area contributed by atoms with E-state index in [1.54, 1.807) is 18.2 Å². The predicted molar refractivity (Wildman–Crippen MR) is 84.7 cm³/mol. The van der Waals surface area contributed by atoms with Gasteiger partial charge < -0.3 is 19.6 Å². The summed E-state index contributed by atoms with van der Waals surface area (Å²) in [4.78, 5) is 16.4. The Morgan fingerprint density at radius 2 is 1.91 bits per heavy atom. The van der Waals surface area contributed by atoms with E-state index in [4.69, 9.17) is 4.74 Å². The van der Waals surface area contributed by atoms with Crippen molar-refractivity contribution in [2.75, 3.05) is 44.3 Å². The van der Waals surface area contributed by atoms with Gasteiger partial charge in [0, 0.05) is 37.7 Å². The number of piperidine rings is 1. The first kappa shape index (κ1) is 16.2. The highest BCUT2D eigenvalue weighted by Crippen LogP contribution is 2.28. The summed E-state index contributed by atoms with van der Waals surface area (Å²) in [7, 11) is 0. The molecule has 2 heterocycles. The standard InChI is InChI=1S/C17H23FN2O3/c18-16-14(12-21)2-1-3-15(16)19-6-4-13(5-7-19)17(22)20-8-10-23-11-9-20/h1-3,13,21H,4-12H2. The normalized spacial score (nSPS) is 19.9. The van der Waals surface area contributed by atoms with Gasteiger partial charge in [-0.25, -0.2) is 4.39 Å². The van der Waals surface area contributed by atoms with Crippen LogP contribution < -0.4 is 4.90 Å². The molecule has 2 saturated heterocycles. The van der Waals surface area contributed by atoms with Gasteiger partial charge in [0.05, 0.1) is 25.5 Å². The molecular formula is C17H23FN2O3. The van der Waals surface area contributed by atoms with Crippen LogP contribution in [0.5, 0.6) is 0 Å². The average Bonchev–Trinajstić information content (AvgIpc) is 2.62. The SMILES string of the molecule is O=C(C1CCN(c2cccc(CO)c2F)CC1)N1CCOCC1. The van der Waals surface area contributed by atoms with E-state index in [0.29, 0.717) is 50.6 Å². The van der Waals surface area contributed by atoms with Crippen molar-refractivity contribution in [3.8, 4) is 0 Å². The van der Waals surface area contributed by atoms with Crippen molar-refractivity contribution in [3.05, 3.63) is 29.6 Å². The largest absolute Gasteiger partial charge is 0.392 e. The number of anilines is 1. The molecule has 0 saturated carbocycles. The number of aliphatic hydroxyl groups excluding tert-OH is 1. The summed E-state index contributed by atoms with van der Waals surface area (Å²) in [6.45, 7) is 3.59. The van der Waals surface area contributed by atoms with Gasteiger partial charge in [-0.2, -0.15) is 0 Å². The molecule has 1 aromatic carbocycles. The van der Waals surface area contributed by atoms with E-state index in [1.807, 2.05) is 9.80 Å². The summed E-state index contributed by atoms with van der Waals surface area (Å²) < 4.78 is 19.6. The number of benzene rings is 1. The van der Waals surface area contributed by atoms with Crippen LogP contribution in [-0.2, 0) is 16.1 Å². The van der Waals surface area contributed by atoms with Crippen LogP contribution in [0.15, 0.2) is 18.2 Å². The van der Waals surface area contributed by atoms with Crippen molar-refractivity contribution in [1.82, 2.24) is 4.90 Å². The van der Waals surface area contributed by atoms with Gasteiger partial charge in [-0.3, -0.25) is 4.79 Å². The summed E-state index contributed by atoms with van der Waals surface area (Å²) in [5.74, 6) is -0.126. The molecule has 0 spiro atoms. The molecule has 0 unspecified atom stereocenters. The second-order valence-electron chi connectivity index (χ2n) is 6.11. The fourth-order valence-corrected chi connectivity index (χ4v) is 3.34. The van der Waals surface area contributed by atoms with E-state index < -0.39 is 0 Å². The number of carbonyl (C=O) groups is 1. The smallest absolute Gasteiger partial charge is 0.225 e. The molecule has 6 heteroatoms. The molecule has 2 aliphatic heterocycles. The van der Waals surface area contributed by atoms with Crippen LogP contribution in [0.2, 0.25) is 0 Å². The molecule has 0 bridgehead atoms. The number of nitrogens with zero attached hydrogens (tertiary/aromatic N) is 2. The quantitative estimate of drug-likeness (QED) is 0.914. The third kappa shape index (κ3) is 3.48. The molecule has 126 valence electrons. The van der Waals surface area contributed by atoms with Gasteiger partial charge in [0.25, 0.3) is 0 Å². The molecule has 2 aliphatic rings. The van der Waals surface area contributed by atoms with E-state index in [9.17, 15) is 14.3 Å². The average molecular weight is 322 g/mol. The number of halogens is 1. The molecule has 23 heavy (non-hydrogen) atoms. The zero-order valence-corrected chi connectivity index (χ0v) is 13.2. The fraction of sp³-hybridized carbons (Fsp3) is 0.588. The molecular weight excluding hydrogens is 299 g/mol. The number of morpholine rings is 1. The number of carbonyl (C=O) groups excluding carboxylic acids is 1. The maximum absolute atomic E-state index is 14.3. The minimum Gasteiger partial charge on any atom is -0.392 e. The van der Waals surface area contributed by atoms with Crippen molar-refractivity contribution in [3.63, 3.8) is 0 Å². The van der Waals surface area contributed by atoms with E-state index in [-0.39, 0.29) is 24.2 Å². The van der Waals surface area contributed by atoms with Crippen LogP contribution in [0.25, 0.3) is 0 Å². The van der Waals surface area contributed by atoms with E-state index >= 15 is 0 Å². The number of hydrogen-bond acceptors (Lipinski definition) is 4. The second-order valence-corrected chi connectivity index (χ2v) is 6.11. The van der Waals surface area contributed by atoms with Gasteiger partial charge in [-0.05, 0) is 18.9 Å². The van der Waals surface area contributed by atoms with Crippen molar-refractivity contribution in [2.45, 2.75) is 19.4 Å². The molecule has 1 N–H and O–H groups in total. The van der Waals surface area contributed by atoms with E-state index in [2.05, 4.69) is 0 Å². The number of amides is 1. The Balaban J connectivity index is 1.61. The molecule has 2 fully saturated rings. The lowest BCUT2D eigenvalue weighted by molar-refractivity contribution is -0.140. The van der Waals surface area contributed by atoms with Crippen LogP contribution in [0.1, 0.15) is 18.4 Å². The summed E-state index contributed by atoms with van der Waals surface area (Å²) >= 11 is 0. The highest BCUT2D eigenvalue weighted by Gasteiger charge is 2.30. The maximum atomic E-state index is 14.3. The van der Waals surface area contributed by atoms with Crippen molar-refractivity contribution in [2.24, 2.45) is 5.92 Å². The summed E-state index contributed by atoms with van der Waals surface area (Å²) in [6.07, 6.45) is 1.47. The number of rotatable bonds is 3. The second kappa shape index (κ2) is 7.27. The van der Waals surface area contributed by atoms with E-state index in [1.165, 1.54) is 0 Å². The zero-order chi connectivity index (χ0) is 16.2. The zero-order valence-electron chi connectivity index (χ0n) is 13.2. The topological polar surface area (TPSA) is 53.0 Å². The lowest BCUT2D eigenvalue weighted by atomic mass is 9.94. The van der Waals surface area contributed by atoms with Crippen molar-refractivity contribution in [1.29, 1.82) is 0 Å². The highest BCUT2D eigenvalue weighted by molar-refractivity contribution is 5.79. The Morgan fingerprint density at radius 3 is 2.57 bits per heavy atom. The summed E-state index contributed by atoms with van der Waals surface area (Å²) in [5.41, 5.74) is 0.836. The lowest BCUT2D eigenvalue weighted by Crippen LogP contribution is -2.47. The number of ether oxygens (including phenoxy) is 1. The first-order chi connectivity index (χ1) is 11.2. The summed E-state index contributed by atoms with van der Waals surface area (Å²) in [5, 5.41) is 9.18. The lowest BCUT2D eigenvalue weighted by Gasteiger charge is -2.36. The van der Waals surface area contributed by atoms with Gasteiger partial charge in [0.1, 0.15) is 0 Å². The van der Waals surface area contributed by atoms with E-state index in [0.717, 1.165) is 12.8 Å². The van der Waals surface area contributed by atoms with Crippen LogP contribution >= 0.6 is 0 Å². The molecule has 5 nitrogen and oxygen atoms in total. The van der Waals surface area contributed by atoms with Gasteiger partial charge in [-0.15, -0.1) is 0 Å². The Morgan fingerprint density at radius 1 is 1.22 bits per heavy atom. The molecule has 3 rings (SSSR count). The first-order valence-corrected chi connectivity index (χ1v) is 8.20. The van der Waals surface area contributed by atoms with Crippen molar-refractivity contribution < 1.29 is 19.0 Å². The molecule has 0 aromatic heterocycles. The van der Waals surface area contributed by atoms with Gasteiger partial charge in [0.2, 0.25) is 5.91 Å². The molecule has 1 aromatic rings. The predicted octanol–water partition coefficient (Wildman–Crippen LogP) is 1.39. The van der Waals surface area contributed by atoms with Crippen LogP contribution in [-0.4, -0.2) is 55.3 Å². The first-order valence-electron chi connectivity index (χ1n) is 8.20. The van der Waals surface area contributed by atoms with Gasteiger partial charge >= 0.3 is 0 Å². The Bertz CT molecular complexity index is 553. The van der Waals surface area contributed by atoms with Crippen LogP contribution in [0.3, 0.4) is 0 Å². The molecule has 0 aliphatic carbocycles. The highest BCUT2D eigenvalue weighted by atomic mass is 19.1. The monoisotopic (exact) mass is 322 g/mol. The van der Waals surface area contributed by atoms with Gasteiger partial charge in [-0.1, -0.05) is 12.1 Å². The minimum absolute atomic E-state index is 0.0217. The summed E-state index contributed by atoms with van der Waals surface area (Å²) in [6, 6.07) is 5.08. The molecule has 1 amide bonds. The number of hydrogen-bond donors (Lipinski definition) is 1. The van der Waals surface area contributed by atoms with Crippen molar-refractivity contribution >= 4 is 11.6 Å². The number of aliphatic hydroxyl groups is 1. The molecule has 0 atom stereocenters. The Hall–Kier alpha value is -1.66.